The Bertz CT molecular complexity index is 737. The van der Waals surface area contributed by atoms with Crippen LogP contribution >= 0.6 is 24.0 Å². The molecule has 0 radical (unpaired) electrons. The van der Waals surface area contributed by atoms with Crippen molar-refractivity contribution in [3.05, 3.63) is 65.2 Å². The molecule has 3 rings (SSSR count). The fourth-order valence-electron chi connectivity index (χ4n) is 3.48. The summed E-state index contributed by atoms with van der Waals surface area (Å²) in [5.74, 6) is 0.458. The number of nitrogens with zero attached hydrogens (tertiary/aromatic N) is 2. The van der Waals surface area contributed by atoms with E-state index in [2.05, 4.69) is 58.5 Å². The maximum atomic E-state index is 6.09. The van der Waals surface area contributed by atoms with Crippen LogP contribution in [-0.2, 0) is 13.1 Å². The van der Waals surface area contributed by atoms with Crippen molar-refractivity contribution in [3.8, 4) is 0 Å². The van der Waals surface area contributed by atoms with Gasteiger partial charge in [-0.05, 0) is 61.7 Å². The Balaban J connectivity index is 0.00000261. The highest BCUT2D eigenvalue weighted by molar-refractivity contribution is 14.0. The lowest BCUT2D eigenvalue weighted by Gasteiger charge is -2.21. The second-order valence-electron chi connectivity index (χ2n) is 7.16. The van der Waals surface area contributed by atoms with Crippen LogP contribution in [0.2, 0.25) is 0 Å². The molecule has 1 aliphatic heterocycles. The normalized spacial score (nSPS) is 15.7. The van der Waals surface area contributed by atoms with Crippen LogP contribution in [0, 0.1) is 6.92 Å². The average Bonchev–Trinajstić information content (AvgIpc) is 2.90. The Morgan fingerprint density at radius 1 is 1.00 bits per heavy atom. The molecule has 0 amide bonds. The van der Waals surface area contributed by atoms with Gasteiger partial charge in [0.05, 0.1) is 6.54 Å². The first-order valence-electron chi connectivity index (χ1n) is 9.63. The van der Waals surface area contributed by atoms with E-state index in [1.165, 1.54) is 55.5 Å². The Morgan fingerprint density at radius 3 is 2.41 bits per heavy atom. The number of benzene rings is 2. The zero-order valence-electron chi connectivity index (χ0n) is 16.2. The maximum Gasteiger partial charge on any atom is 0.193 e. The predicted molar refractivity (Wildman–Crippen MR) is 126 cm³/mol. The number of aryl methyl sites for hydroxylation is 1. The summed E-state index contributed by atoms with van der Waals surface area (Å²) in [6.07, 6.45) is 5.36. The second-order valence-corrected chi connectivity index (χ2v) is 7.16. The predicted octanol–water partition coefficient (Wildman–Crippen LogP) is 4.92. The molecule has 1 aliphatic rings. The van der Waals surface area contributed by atoms with Gasteiger partial charge in [-0.25, -0.2) is 4.99 Å². The maximum absolute atomic E-state index is 6.09. The van der Waals surface area contributed by atoms with Gasteiger partial charge < -0.3 is 11.1 Å². The van der Waals surface area contributed by atoms with Crippen LogP contribution in [0.25, 0.3) is 0 Å². The van der Waals surface area contributed by atoms with Crippen molar-refractivity contribution in [2.75, 3.05) is 18.4 Å². The Labute approximate surface area is 180 Å². The summed E-state index contributed by atoms with van der Waals surface area (Å²) in [6, 6.07) is 16.7. The number of likely N-dealkylation sites (tertiary alicyclic amines) is 1. The first-order chi connectivity index (χ1) is 12.7. The largest absolute Gasteiger partial charge is 0.370 e. The minimum absolute atomic E-state index is 0. The van der Waals surface area contributed by atoms with Gasteiger partial charge in [-0.2, -0.15) is 0 Å². The van der Waals surface area contributed by atoms with Gasteiger partial charge in [-0.3, -0.25) is 4.90 Å². The van der Waals surface area contributed by atoms with Gasteiger partial charge in [0.15, 0.2) is 5.96 Å². The molecule has 0 saturated carbocycles. The molecule has 1 saturated heterocycles. The number of hydrogen-bond donors (Lipinski definition) is 2. The standard InChI is InChI=1S/C22H30N4.HI/c1-18-9-8-12-21(15-18)25-22(23)24-16-19-10-4-5-11-20(19)17-26-13-6-2-3-7-14-26;/h4-5,8-12,15H,2-3,6-7,13-14,16-17H2,1H3,(H3,23,24,25);1H. The molecule has 27 heavy (non-hydrogen) atoms. The zero-order chi connectivity index (χ0) is 18.2. The molecule has 0 atom stereocenters. The summed E-state index contributed by atoms with van der Waals surface area (Å²) in [5, 5.41) is 3.18. The van der Waals surface area contributed by atoms with Crippen LogP contribution in [0.3, 0.4) is 0 Å². The summed E-state index contributed by atoms with van der Waals surface area (Å²) in [5.41, 5.74) is 10.9. The number of aliphatic imine (C=N–C) groups is 1. The molecular formula is C22H31IN4. The lowest BCUT2D eigenvalue weighted by atomic mass is 10.1. The quantitative estimate of drug-likeness (QED) is 0.365. The molecule has 0 bridgehead atoms. The van der Waals surface area contributed by atoms with Crippen molar-refractivity contribution in [2.45, 2.75) is 45.7 Å². The van der Waals surface area contributed by atoms with Crippen molar-refractivity contribution < 1.29 is 0 Å². The van der Waals surface area contributed by atoms with E-state index in [4.69, 9.17) is 5.73 Å². The highest BCUT2D eigenvalue weighted by Gasteiger charge is 2.11. The lowest BCUT2D eigenvalue weighted by Crippen LogP contribution is -2.25. The van der Waals surface area contributed by atoms with E-state index in [0.29, 0.717) is 12.5 Å². The molecular weight excluding hydrogens is 447 g/mol. The molecule has 3 N–H and O–H groups in total. The fourth-order valence-corrected chi connectivity index (χ4v) is 3.48. The molecule has 1 fully saturated rings. The van der Waals surface area contributed by atoms with Crippen LogP contribution < -0.4 is 11.1 Å². The zero-order valence-corrected chi connectivity index (χ0v) is 18.5. The molecule has 0 aliphatic carbocycles. The number of nitrogens with two attached hydrogens (primary N) is 1. The third-order valence-corrected chi connectivity index (χ3v) is 4.92. The number of halogens is 1. The summed E-state index contributed by atoms with van der Waals surface area (Å²) >= 11 is 0. The van der Waals surface area contributed by atoms with Gasteiger partial charge in [-0.1, -0.05) is 49.2 Å². The second kappa shape index (κ2) is 11.3. The van der Waals surface area contributed by atoms with Crippen molar-refractivity contribution in [3.63, 3.8) is 0 Å². The van der Waals surface area contributed by atoms with Gasteiger partial charge in [-0.15, -0.1) is 24.0 Å². The number of nitrogens with one attached hydrogen (secondary N) is 1. The minimum atomic E-state index is 0. The van der Waals surface area contributed by atoms with Crippen LogP contribution in [-0.4, -0.2) is 23.9 Å². The number of rotatable bonds is 5. The summed E-state index contributed by atoms with van der Waals surface area (Å²) in [6.45, 7) is 6.09. The average molecular weight is 478 g/mol. The van der Waals surface area contributed by atoms with Crippen LogP contribution in [0.1, 0.15) is 42.4 Å². The highest BCUT2D eigenvalue weighted by atomic mass is 127. The van der Waals surface area contributed by atoms with E-state index in [0.717, 1.165) is 12.2 Å². The van der Waals surface area contributed by atoms with Crippen molar-refractivity contribution >= 4 is 35.6 Å². The summed E-state index contributed by atoms with van der Waals surface area (Å²) in [4.78, 5) is 7.13. The van der Waals surface area contributed by atoms with Crippen LogP contribution in [0.5, 0.6) is 0 Å². The molecule has 5 heteroatoms. The first-order valence-corrected chi connectivity index (χ1v) is 9.63. The Kier molecular flexibility index (Phi) is 9.07. The molecule has 2 aromatic rings. The van der Waals surface area contributed by atoms with Gasteiger partial charge in [0.2, 0.25) is 0 Å². The van der Waals surface area contributed by atoms with Crippen molar-refractivity contribution in [1.82, 2.24) is 4.90 Å². The number of hydrogen-bond acceptors (Lipinski definition) is 2. The number of anilines is 1. The molecule has 1 heterocycles. The van der Waals surface area contributed by atoms with E-state index in [-0.39, 0.29) is 24.0 Å². The van der Waals surface area contributed by atoms with E-state index < -0.39 is 0 Å². The van der Waals surface area contributed by atoms with E-state index in [1.807, 2.05) is 12.1 Å². The monoisotopic (exact) mass is 478 g/mol. The molecule has 4 nitrogen and oxygen atoms in total. The van der Waals surface area contributed by atoms with E-state index in [9.17, 15) is 0 Å². The molecule has 0 aromatic heterocycles. The van der Waals surface area contributed by atoms with Gasteiger partial charge in [0, 0.05) is 12.2 Å². The molecule has 2 aromatic carbocycles. The SMILES string of the molecule is Cc1cccc(NC(N)=NCc2ccccc2CN2CCCCCC2)c1.I. The Hall–Kier alpha value is -1.60. The summed E-state index contributed by atoms with van der Waals surface area (Å²) < 4.78 is 0. The van der Waals surface area contributed by atoms with Crippen molar-refractivity contribution in [2.24, 2.45) is 10.7 Å². The van der Waals surface area contributed by atoms with Gasteiger partial charge in [0.1, 0.15) is 0 Å². The summed E-state index contributed by atoms with van der Waals surface area (Å²) in [7, 11) is 0. The van der Waals surface area contributed by atoms with Gasteiger partial charge >= 0.3 is 0 Å². The topological polar surface area (TPSA) is 53.6 Å². The van der Waals surface area contributed by atoms with E-state index in [1.54, 1.807) is 0 Å². The molecule has 0 spiro atoms. The first kappa shape index (κ1) is 21.7. The smallest absolute Gasteiger partial charge is 0.193 e. The third kappa shape index (κ3) is 7.14. The Morgan fingerprint density at radius 2 is 1.70 bits per heavy atom. The van der Waals surface area contributed by atoms with E-state index >= 15 is 0 Å². The third-order valence-electron chi connectivity index (χ3n) is 4.92. The van der Waals surface area contributed by atoms with Crippen molar-refractivity contribution in [1.29, 1.82) is 0 Å². The molecule has 146 valence electrons. The molecule has 0 unspecified atom stereocenters. The lowest BCUT2D eigenvalue weighted by molar-refractivity contribution is 0.276. The van der Waals surface area contributed by atoms with Crippen LogP contribution in [0.15, 0.2) is 53.5 Å². The van der Waals surface area contributed by atoms with Crippen LogP contribution in [0.4, 0.5) is 5.69 Å². The highest BCUT2D eigenvalue weighted by Crippen LogP contribution is 2.17. The minimum Gasteiger partial charge on any atom is -0.370 e. The number of guanidine groups is 1. The van der Waals surface area contributed by atoms with Gasteiger partial charge in [0.25, 0.3) is 0 Å². The fraction of sp³-hybridized carbons (Fsp3) is 0.409.